The van der Waals surface area contributed by atoms with Crippen molar-refractivity contribution in [1.29, 1.82) is 0 Å². The maximum atomic E-state index is 12.0. The van der Waals surface area contributed by atoms with E-state index < -0.39 is 17.9 Å². The lowest BCUT2D eigenvalue weighted by Crippen LogP contribution is -2.23. The van der Waals surface area contributed by atoms with Gasteiger partial charge in [0.05, 0.1) is 12.2 Å². The Labute approximate surface area is 235 Å². The molecule has 3 rings (SSSR count). The molecule has 2 aromatic carbocycles. The van der Waals surface area contributed by atoms with E-state index in [0.29, 0.717) is 17.1 Å². The third kappa shape index (κ3) is 8.68. The molecular formula is C32H36O8. The second-order valence-electron chi connectivity index (χ2n) is 9.58. The van der Waals surface area contributed by atoms with E-state index in [1.54, 1.807) is 19.1 Å². The summed E-state index contributed by atoms with van der Waals surface area (Å²) in [5.41, 5.74) is 3.51. The Bertz CT molecular complexity index is 1240. The fourth-order valence-electron chi connectivity index (χ4n) is 4.41. The lowest BCUT2D eigenvalue weighted by atomic mass is 9.81. The summed E-state index contributed by atoms with van der Waals surface area (Å²) in [7, 11) is 1.48. The number of carbonyl (C=O) groups is 3. The smallest absolute Gasteiger partial charge is 0.338 e. The van der Waals surface area contributed by atoms with E-state index in [9.17, 15) is 14.4 Å². The van der Waals surface area contributed by atoms with Crippen LogP contribution in [-0.4, -0.2) is 50.9 Å². The molecule has 0 heterocycles. The van der Waals surface area contributed by atoms with Crippen LogP contribution >= 0.6 is 0 Å². The number of rotatable bonds is 13. The van der Waals surface area contributed by atoms with Gasteiger partial charge < -0.3 is 23.7 Å². The Hall–Kier alpha value is -4.17. The zero-order valence-electron chi connectivity index (χ0n) is 23.1. The van der Waals surface area contributed by atoms with Gasteiger partial charge in [0.2, 0.25) is 0 Å². The number of hydrogen-bond acceptors (Lipinski definition) is 8. The molecule has 1 aliphatic rings. The molecule has 0 aliphatic heterocycles. The van der Waals surface area contributed by atoms with Crippen LogP contribution in [0.2, 0.25) is 0 Å². The summed E-state index contributed by atoms with van der Waals surface area (Å²) >= 11 is 0. The SMILES string of the molecule is C=CC(=O)OC1CCC(c2cc(-c3ccc(OC(=O)C(=C)C)cc3)ccc2OCCOC(=O)C(=C)COC)CC1. The van der Waals surface area contributed by atoms with E-state index in [0.717, 1.165) is 42.4 Å². The molecule has 1 aliphatic carbocycles. The molecule has 0 N–H and O–H groups in total. The minimum Gasteiger partial charge on any atom is -0.490 e. The first-order chi connectivity index (χ1) is 19.2. The maximum absolute atomic E-state index is 12.0. The lowest BCUT2D eigenvalue weighted by molar-refractivity contribution is -0.144. The summed E-state index contributed by atoms with van der Waals surface area (Å²) < 4.78 is 26.9. The normalized spacial score (nSPS) is 16.4. The Morgan fingerprint density at radius 3 is 2.23 bits per heavy atom. The molecule has 0 atom stereocenters. The Kier molecular flexibility index (Phi) is 11.3. The van der Waals surface area contributed by atoms with Gasteiger partial charge in [0, 0.05) is 18.8 Å². The van der Waals surface area contributed by atoms with Crippen LogP contribution in [-0.2, 0) is 28.6 Å². The summed E-state index contributed by atoms with van der Waals surface area (Å²) in [4.78, 5) is 35.4. The first-order valence-corrected chi connectivity index (χ1v) is 13.1. The fraction of sp³-hybridized carbons (Fsp3) is 0.344. The van der Waals surface area contributed by atoms with Gasteiger partial charge in [-0.25, -0.2) is 14.4 Å². The topological polar surface area (TPSA) is 97.4 Å². The Morgan fingerprint density at radius 1 is 0.925 bits per heavy atom. The largest absolute Gasteiger partial charge is 0.490 e. The molecule has 212 valence electrons. The zero-order chi connectivity index (χ0) is 29.1. The number of carbonyl (C=O) groups excluding carboxylic acids is 3. The van der Waals surface area contributed by atoms with Gasteiger partial charge in [-0.05, 0) is 79.5 Å². The van der Waals surface area contributed by atoms with Gasteiger partial charge in [0.15, 0.2) is 0 Å². The molecule has 0 bridgehead atoms. The average molecular weight is 549 g/mol. The van der Waals surface area contributed by atoms with Gasteiger partial charge in [-0.1, -0.05) is 37.9 Å². The van der Waals surface area contributed by atoms with Crippen molar-refractivity contribution in [2.45, 2.75) is 44.6 Å². The van der Waals surface area contributed by atoms with E-state index in [4.69, 9.17) is 23.7 Å². The molecule has 0 radical (unpaired) electrons. The van der Waals surface area contributed by atoms with Gasteiger partial charge in [0.1, 0.15) is 30.8 Å². The van der Waals surface area contributed by atoms with Crippen LogP contribution < -0.4 is 9.47 Å². The highest BCUT2D eigenvalue weighted by molar-refractivity contribution is 5.89. The van der Waals surface area contributed by atoms with Gasteiger partial charge in [-0.3, -0.25) is 0 Å². The van der Waals surface area contributed by atoms with Gasteiger partial charge >= 0.3 is 17.9 Å². The molecule has 0 amide bonds. The first kappa shape index (κ1) is 30.4. The minimum absolute atomic E-state index is 0.0668. The zero-order valence-corrected chi connectivity index (χ0v) is 23.1. The summed E-state index contributed by atoms with van der Waals surface area (Å²) in [5, 5.41) is 0. The number of benzene rings is 2. The maximum Gasteiger partial charge on any atom is 0.338 e. The van der Waals surface area contributed by atoms with Crippen LogP contribution in [0.25, 0.3) is 11.1 Å². The van der Waals surface area contributed by atoms with Crippen molar-refractivity contribution in [3.63, 3.8) is 0 Å². The van der Waals surface area contributed by atoms with Crippen molar-refractivity contribution in [2.75, 3.05) is 26.9 Å². The third-order valence-electron chi connectivity index (χ3n) is 6.50. The van der Waals surface area contributed by atoms with Crippen LogP contribution in [0.4, 0.5) is 0 Å². The molecular weight excluding hydrogens is 512 g/mol. The standard InChI is InChI=1S/C32H36O8/c1-6-30(33)39-26-14-9-24(10-15-26)28-19-25(23-7-12-27(13-8-23)40-31(34)21(2)3)11-16-29(28)37-17-18-38-32(35)22(4)20-36-5/h6-8,11-13,16,19,24,26H,1-2,4,9-10,14-15,17-18,20H2,3,5H3. The summed E-state index contributed by atoms with van der Waals surface area (Å²) in [6.45, 7) is 12.7. The van der Waals surface area contributed by atoms with E-state index >= 15 is 0 Å². The second-order valence-corrected chi connectivity index (χ2v) is 9.58. The van der Waals surface area contributed by atoms with Crippen LogP contribution in [0.3, 0.4) is 0 Å². The molecule has 1 fully saturated rings. The van der Waals surface area contributed by atoms with Crippen LogP contribution in [0.1, 0.15) is 44.1 Å². The van der Waals surface area contributed by atoms with Crippen LogP contribution in [0.5, 0.6) is 11.5 Å². The molecule has 0 saturated heterocycles. The summed E-state index contributed by atoms with van der Waals surface area (Å²) in [6, 6.07) is 13.2. The van der Waals surface area contributed by atoms with E-state index in [2.05, 4.69) is 25.8 Å². The molecule has 1 saturated carbocycles. The highest BCUT2D eigenvalue weighted by Gasteiger charge is 2.27. The van der Waals surface area contributed by atoms with Crippen molar-refractivity contribution in [1.82, 2.24) is 0 Å². The van der Waals surface area contributed by atoms with Crippen LogP contribution in [0.15, 0.2) is 79.4 Å². The summed E-state index contributed by atoms with van der Waals surface area (Å²) in [6.07, 6.45) is 4.14. The first-order valence-electron chi connectivity index (χ1n) is 13.1. The van der Waals surface area contributed by atoms with Crippen molar-refractivity contribution in [3.8, 4) is 22.6 Å². The predicted molar refractivity (Wildman–Crippen MR) is 151 cm³/mol. The second kappa shape index (κ2) is 14.8. The van der Waals surface area contributed by atoms with Crippen molar-refractivity contribution < 1.29 is 38.1 Å². The van der Waals surface area contributed by atoms with Crippen molar-refractivity contribution in [3.05, 3.63) is 85.0 Å². The molecule has 0 spiro atoms. The number of esters is 3. The lowest BCUT2D eigenvalue weighted by Gasteiger charge is -2.29. The monoisotopic (exact) mass is 548 g/mol. The highest BCUT2D eigenvalue weighted by Crippen LogP contribution is 2.40. The Morgan fingerprint density at radius 2 is 1.60 bits per heavy atom. The average Bonchev–Trinajstić information content (AvgIpc) is 2.96. The predicted octanol–water partition coefficient (Wildman–Crippen LogP) is 5.72. The molecule has 0 unspecified atom stereocenters. The van der Waals surface area contributed by atoms with Gasteiger partial charge in [-0.15, -0.1) is 0 Å². The molecule has 8 heteroatoms. The highest BCUT2D eigenvalue weighted by atomic mass is 16.6. The van der Waals surface area contributed by atoms with E-state index in [1.807, 2.05) is 24.3 Å². The third-order valence-corrected chi connectivity index (χ3v) is 6.50. The molecule has 40 heavy (non-hydrogen) atoms. The molecule has 8 nitrogen and oxygen atoms in total. The van der Waals surface area contributed by atoms with Crippen molar-refractivity contribution >= 4 is 17.9 Å². The fourth-order valence-corrected chi connectivity index (χ4v) is 4.41. The van der Waals surface area contributed by atoms with Crippen molar-refractivity contribution in [2.24, 2.45) is 0 Å². The number of ether oxygens (including phenoxy) is 5. The Balaban J connectivity index is 1.75. The van der Waals surface area contributed by atoms with Gasteiger partial charge in [-0.2, -0.15) is 0 Å². The summed E-state index contributed by atoms with van der Waals surface area (Å²) in [5.74, 6) is -0.0745. The van der Waals surface area contributed by atoms with Gasteiger partial charge in [0.25, 0.3) is 0 Å². The van der Waals surface area contributed by atoms with E-state index in [-0.39, 0.29) is 37.4 Å². The molecule has 2 aromatic rings. The number of methoxy groups -OCH3 is 1. The quantitative estimate of drug-likeness (QED) is 0.136. The van der Waals surface area contributed by atoms with E-state index in [1.165, 1.54) is 13.2 Å². The molecule has 0 aromatic heterocycles. The number of hydrogen-bond donors (Lipinski definition) is 0. The minimum atomic E-state index is -0.522. The van der Waals surface area contributed by atoms with Crippen LogP contribution in [0, 0.1) is 0 Å².